The lowest BCUT2D eigenvalue weighted by Gasteiger charge is -2.03. The van der Waals surface area contributed by atoms with Gasteiger partial charge < -0.3 is 0 Å². The van der Waals surface area contributed by atoms with Gasteiger partial charge in [0.2, 0.25) is 0 Å². The molecule has 0 spiro atoms. The third-order valence-corrected chi connectivity index (χ3v) is 4.30. The lowest BCUT2D eigenvalue weighted by Crippen LogP contribution is -2.13. The number of thiophene rings is 1. The number of hydrogen-bond acceptors (Lipinski definition) is 5. The number of nitro groups is 1. The van der Waals surface area contributed by atoms with Crippen LogP contribution in [0.2, 0.25) is 0 Å². The number of carbonyl (C=O) groups is 1. The van der Waals surface area contributed by atoms with Gasteiger partial charge in [0.1, 0.15) is 17.9 Å². The topological polar surface area (TPSA) is 78.0 Å². The molecule has 2 heterocycles. The summed E-state index contributed by atoms with van der Waals surface area (Å²) < 4.78 is 1.48. The molecule has 112 valence electrons. The van der Waals surface area contributed by atoms with E-state index in [1.54, 1.807) is 6.07 Å². The average molecular weight is 307 g/mol. The Kier molecular flexibility index (Phi) is 4.52. The van der Waals surface area contributed by atoms with Crippen LogP contribution < -0.4 is 0 Å². The molecule has 2 aromatic rings. The molecule has 0 bridgehead atoms. The number of hydrogen-bond donors (Lipinski definition) is 0. The molecule has 2 rings (SSSR count). The monoisotopic (exact) mass is 307 g/mol. The summed E-state index contributed by atoms with van der Waals surface area (Å²) in [5.74, 6) is -0.0668. The first-order valence-electron chi connectivity index (χ1n) is 6.80. The Morgan fingerprint density at radius 3 is 2.57 bits per heavy atom. The van der Waals surface area contributed by atoms with Crippen molar-refractivity contribution in [2.45, 2.75) is 40.2 Å². The second-order valence-electron chi connectivity index (χ2n) is 4.70. The molecular weight excluding hydrogens is 290 g/mol. The molecule has 0 saturated carbocycles. The summed E-state index contributed by atoms with van der Waals surface area (Å²) in [6, 6.07) is 3.67. The minimum Gasteiger partial charge on any atom is -0.291 e. The molecule has 0 fully saturated rings. The quantitative estimate of drug-likeness (QED) is 0.466. The molecular formula is C14H17N3O3S. The molecule has 0 amide bonds. The van der Waals surface area contributed by atoms with Crippen LogP contribution in [-0.2, 0) is 19.4 Å². The first kappa shape index (κ1) is 15.4. The van der Waals surface area contributed by atoms with Crippen molar-refractivity contribution in [1.29, 1.82) is 0 Å². The molecule has 6 nitrogen and oxygen atoms in total. The zero-order valence-corrected chi connectivity index (χ0v) is 13.1. The zero-order chi connectivity index (χ0) is 15.6. The van der Waals surface area contributed by atoms with Gasteiger partial charge in [-0.1, -0.05) is 13.8 Å². The molecule has 0 aromatic carbocycles. The predicted molar refractivity (Wildman–Crippen MR) is 81.0 cm³/mol. The van der Waals surface area contributed by atoms with E-state index in [1.165, 1.54) is 16.0 Å². The van der Waals surface area contributed by atoms with Crippen LogP contribution >= 0.6 is 11.3 Å². The highest BCUT2D eigenvalue weighted by molar-refractivity contribution is 7.14. The molecule has 0 radical (unpaired) electrons. The van der Waals surface area contributed by atoms with Gasteiger partial charge in [0.25, 0.3) is 0 Å². The van der Waals surface area contributed by atoms with Crippen LogP contribution in [0.4, 0.5) is 5.69 Å². The molecule has 21 heavy (non-hydrogen) atoms. The van der Waals surface area contributed by atoms with Gasteiger partial charge in [0.05, 0.1) is 9.80 Å². The summed E-state index contributed by atoms with van der Waals surface area (Å²) in [7, 11) is 0. The fourth-order valence-electron chi connectivity index (χ4n) is 2.27. The molecule has 0 unspecified atom stereocenters. The first-order valence-corrected chi connectivity index (χ1v) is 7.62. The summed E-state index contributed by atoms with van der Waals surface area (Å²) in [4.78, 5) is 24.8. The lowest BCUT2D eigenvalue weighted by molar-refractivity contribution is -0.386. The fraction of sp³-hybridized carbons (Fsp3) is 0.429. The normalized spacial score (nSPS) is 10.8. The number of ketones is 1. The van der Waals surface area contributed by atoms with Gasteiger partial charge in [-0.3, -0.25) is 19.6 Å². The van der Waals surface area contributed by atoms with Crippen molar-refractivity contribution >= 4 is 22.8 Å². The Morgan fingerprint density at radius 1 is 1.38 bits per heavy atom. The maximum atomic E-state index is 12.3. The minimum absolute atomic E-state index is 0.0456. The summed E-state index contributed by atoms with van der Waals surface area (Å²) >= 11 is 1.43. The van der Waals surface area contributed by atoms with E-state index in [0.29, 0.717) is 29.1 Å². The molecule has 0 aliphatic carbocycles. The van der Waals surface area contributed by atoms with Crippen LogP contribution in [0.25, 0.3) is 0 Å². The third kappa shape index (κ3) is 3.02. The van der Waals surface area contributed by atoms with Gasteiger partial charge in [-0.2, -0.15) is 5.10 Å². The van der Waals surface area contributed by atoms with E-state index < -0.39 is 4.92 Å². The van der Waals surface area contributed by atoms with Crippen LogP contribution in [0.15, 0.2) is 12.1 Å². The van der Waals surface area contributed by atoms with Crippen molar-refractivity contribution in [3.8, 4) is 0 Å². The SMILES string of the molecule is CCc1nn(CC(=O)c2ccc(C)s2)c(CC)c1[N+](=O)[O-]. The van der Waals surface area contributed by atoms with Crippen molar-refractivity contribution in [3.05, 3.63) is 43.4 Å². The largest absolute Gasteiger partial charge is 0.313 e. The zero-order valence-electron chi connectivity index (χ0n) is 12.3. The van der Waals surface area contributed by atoms with Gasteiger partial charge in [-0.15, -0.1) is 11.3 Å². The summed E-state index contributed by atoms with van der Waals surface area (Å²) in [6.07, 6.45) is 0.947. The van der Waals surface area contributed by atoms with Gasteiger partial charge >= 0.3 is 5.69 Å². The van der Waals surface area contributed by atoms with E-state index in [0.717, 1.165) is 4.88 Å². The maximum absolute atomic E-state index is 12.3. The Bertz CT molecular complexity index is 688. The standard InChI is InChI=1S/C14H17N3O3S/c1-4-10-14(17(19)20)11(5-2)16(15-10)8-12(18)13-7-6-9(3)21-13/h6-7H,4-5,8H2,1-3H3. The molecule has 0 aliphatic heterocycles. The van der Waals surface area contributed by atoms with Gasteiger partial charge in [0.15, 0.2) is 5.78 Å². The van der Waals surface area contributed by atoms with Gasteiger partial charge in [-0.25, -0.2) is 0 Å². The Morgan fingerprint density at radius 2 is 2.10 bits per heavy atom. The van der Waals surface area contributed by atoms with Gasteiger partial charge in [0, 0.05) is 4.88 Å². The van der Waals surface area contributed by atoms with E-state index in [1.807, 2.05) is 26.8 Å². The molecule has 0 atom stereocenters. The van der Waals surface area contributed by atoms with E-state index >= 15 is 0 Å². The van der Waals surface area contributed by atoms with Crippen molar-refractivity contribution < 1.29 is 9.72 Å². The van der Waals surface area contributed by atoms with Crippen molar-refractivity contribution in [2.24, 2.45) is 0 Å². The lowest BCUT2D eigenvalue weighted by atomic mass is 10.2. The molecule has 7 heteroatoms. The van der Waals surface area contributed by atoms with E-state index in [9.17, 15) is 14.9 Å². The van der Waals surface area contributed by atoms with E-state index in [-0.39, 0.29) is 18.0 Å². The van der Waals surface area contributed by atoms with Crippen LogP contribution in [-0.4, -0.2) is 20.5 Å². The highest BCUT2D eigenvalue weighted by Gasteiger charge is 2.26. The van der Waals surface area contributed by atoms with E-state index in [2.05, 4.69) is 5.10 Å². The summed E-state index contributed by atoms with van der Waals surface area (Å²) in [5.41, 5.74) is 1.00. The highest BCUT2D eigenvalue weighted by Crippen LogP contribution is 2.25. The average Bonchev–Trinajstić information content (AvgIpc) is 3.01. The second kappa shape index (κ2) is 6.17. The van der Waals surface area contributed by atoms with Crippen molar-refractivity contribution in [2.75, 3.05) is 0 Å². The fourth-order valence-corrected chi connectivity index (χ4v) is 3.07. The Balaban J connectivity index is 2.36. The number of aryl methyl sites for hydroxylation is 2. The highest BCUT2D eigenvalue weighted by atomic mass is 32.1. The summed E-state index contributed by atoms with van der Waals surface area (Å²) in [5, 5.41) is 15.5. The van der Waals surface area contributed by atoms with Gasteiger partial charge in [-0.05, 0) is 31.9 Å². The predicted octanol–water partition coefficient (Wildman–Crippen LogP) is 3.17. The number of rotatable bonds is 6. The number of nitrogens with zero attached hydrogens (tertiary/aromatic N) is 3. The third-order valence-electron chi connectivity index (χ3n) is 3.26. The molecule has 0 N–H and O–H groups in total. The number of aromatic nitrogens is 2. The second-order valence-corrected chi connectivity index (χ2v) is 5.99. The Labute approximate surface area is 126 Å². The van der Waals surface area contributed by atoms with Crippen LogP contribution in [0.3, 0.4) is 0 Å². The Hall–Kier alpha value is -2.02. The smallest absolute Gasteiger partial charge is 0.291 e. The van der Waals surface area contributed by atoms with Crippen LogP contribution in [0, 0.1) is 17.0 Å². The van der Waals surface area contributed by atoms with Crippen LogP contribution in [0.1, 0.15) is 39.8 Å². The van der Waals surface area contributed by atoms with E-state index in [4.69, 9.17) is 0 Å². The first-order chi connectivity index (χ1) is 9.97. The minimum atomic E-state index is -0.402. The number of carbonyl (C=O) groups excluding carboxylic acids is 1. The maximum Gasteiger partial charge on any atom is 0.313 e. The van der Waals surface area contributed by atoms with Crippen molar-refractivity contribution in [1.82, 2.24) is 9.78 Å². The van der Waals surface area contributed by atoms with Crippen molar-refractivity contribution in [3.63, 3.8) is 0 Å². The molecule has 2 aromatic heterocycles. The summed E-state index contributed by atoms with van der Waals surface area (Å²) in [6.45, 7) is 5.64. The molecule has 0 saturated heterocycles. The number of Topliss-reactive ketones (excluding diaryl/α,β-unsaturated/α-hetero) is 1. The van der Waals surface area contributed by atoms with Crippen LogP contribution in [0.5, 0.6) is 0 Å². The molecule has 0 aliphatic rings.